The van der Waals surface area contributed by atoms with Crippen LogP contribution in [0.25, 0.3) is 44.2 Å². The maximum atomic E-state index is 2.46. The van der Waals surface area contributed by atoms with Crippen molar-refractivity contribution in [2.75, 3.05) is 4.90 Å². The highest BCUT2D eigenvalue weighted by Gasteiger charge is 2.41. The molecule has 0 amide bonds. The van der Waals surface area contributed by atoms with Crippen molar-refractivity contribution in [3.8, 4) is 33.4 Å². The van der Waals surface area contributed by atoms with Crippen molar-refractivity contribution in [1.82, 2.24) is 0 Å². The van der Waals surface area contributed by atoms with Crippen LogP contribution in [-0.4, -0.2) is 8.07 Å². The molecule has 0 atom stereocenters. The fourth-order valence-electron chi connectivity index (χ4n) is 8.93. The fraction of sp³-hybridized carbons (Fsp3) is 0. The lowest BCUT2D eigenvalue weighted by Gasteiger charge is -2.35. The summed E-state index contributed by atoms with van der Waals surface area (Å²) in [6.45, 7) is 0. The Labute approximate surface area is 354 Å². The molecule has 60 heavy (non-hydrogen) atoms. The van der Waals surface area contributed by atoms with Crippen LogP contribution >= 0.6 is 0 Å². The van der Waals surface area contributed by atoms with Gasteiger partial charge in [0.25, 0.3) is 0 Å². The maximum Gasteiger partial charge on any atom is 0.179 e. The number of hydrogen-bond acceptors (Lipinski definition) is 1. The van der Waals surface area contributed by atoms with Crippen LogP contribution in [0.5, 0.6) is 0 Å². The topological polar surface area (TPSA) is 3.24 Å². The summed E-state index contributed by atoms with van der Waals surface area (Å²) in [6, 6.07) is 95.6. The average molecular weight is 782 g/mol. The third-order valence-corrected chi connectivity index (χ3v) is 16.6. The number of benzene rings is 10. The largest absolute Gasteiger partial charge is 0.310 e. The van der Waals surface area contributed by atoms with E-state index in [1.54, 1.807) is 0 Å². The number of nitrogens with zero attached hydrogens (tertiary/aromatic N) is 1. The van der Waals surface area contributed by atoms with Gasteiger partial charge in [-0.3, -0.25) is 0 Å². The van der Waals surface area contributed by atoms with E-state index in [4.69, 9.17) is 0 Å². The lowest BCUT2D eigenvalue weighted by Crippen LogP contribution is -2.74. The molecule has 1 nitrogen and oxygen atoms in total. The van der Waals surface area contributed by atoms with Gasteiger partial charge in [0.05, 0.1) is 5.69 Å². The van der Waals surface area contributed by atoms with Crippen LogP contribution in [0.2, 0.25) is 0 Å². The summed E-state index contributed by atoms with van der Waals surface area (Å²) in [5.41, 5.74) is 10.5. The van der Waals surface area contributed by atoms with Gasteiger partial charge < -0.3 is 4.90 Å². The van der Waals surface area contributed by atoms with Crippen molar-refractivity contribution in [3.05, 3.63) is 261 Å². The molecule has 0 bridgehead atoms. The quantitative estimate of drug-likeness (QED) is 0.0987. The molecular formula is C58H43NSi. The first kappa shape index (κ1) is 36.8. The van der Waals surface area contributed by atoms with Crippen molar-refractivity contribution >= 4 is 56.7 Å². The minimum atomic E-state index is -2.77. The monoisotopic (exact) mass is 781 g/mol. The Balaban J connectivity index is 1.10. The molecule has 0 fully saturated rings. The van der Waals surface area contributed by atoms with Crippen molar-refractivity contribution in [2.45, 2.75) is 0 Å². The van der Waals surface area contributed by atoms with Crippen molar-refractivity contribution in [3.63, 3.8) is 0 Å². The van der Waals surface area contributed by atoms with Gasteiger partial charge >= 0.3 is 0 Å². The Bertz CT molecular complexity index is 2960. The van der Waals surface area contributed by atoms with E-state index < -0.39 is 8.07 Å². The van der Waals surface area contributed by atoms with E-state index in [1.807, 2.05) is 0 Å². The van der Waals surface area contributed by atoms with Gasteiger partial charge in [0, 0.05) is 16.9 Å². The van der Waals surface area contributed by atoms with Gasteiger partial charge in [-0.1, -0.05) is 231 Å². The van der Waals surface area contributed by atoms with Gasteiger partial charge in [0.1, 0.15) is 0 Å². The fourth-order valence-corrected chi connectivity index (χ4v) is 13.7. The molecule has 0 radical (unpaired) electrons. The van der Waals surface area contributed by atoms with Crippen molar-refractivity contribution in [1.29, 1.82) is 0 Å². The highest BCUT2D eigenvalue weighted by molar-refractivity contribution is 7.20. The van der Waals surface area contributed by atoms with Crippen LogP contribution in [0.1, 0.15) is 0 Å². The normalized spacial score (nSPS) is 11.3. The summed E-state index contributed by atoms with van der Waals surface area (Å²) >= 11 is 0. The van der Waals surface area contributed by atoms with Gasteiger partial charge in [0.2, 0.25) is 0 Å². The summed E-state index contributed by atoms with van der Waals surface area (Å²) in [7, 11) is -2.77. The number of rotatable bonds is 10. The highest BCUT2D eigenvalue weighted by atomic mass is 28.3. The van der Waals surface area contributed by atoms with E-state index in [2.05, 4.69) is 266 Å². The zero-order valence-corrected chi connectivity index (χ0v) is 34.3. The van der Waals surface area contributed by atoms with Gasteiger partial charge in [0.15, 0.2) is 8.07 Å². The molecule has 2 heteroatoms. The number of fused-ring (bicyclic) bond motifs is 1. The molecule has 0 unspecified atom stereocenters. The molecule has 0 aromatic heterocycles. The Morgan fingerprint density at radius 3 is 1.30 bits per heavy atom. The first-order valence-corrected chi connectivity index (χ1v) is 22.7. The van der Waals surface area contributed by atoms with Crippen LogP contribution in [-0.2, 0) is 0 Å². The molecule has 10 rings (SSSR count). The van der Waals surface area contributed by atoms with Crippen molar-refractivity contribution in [2.24, 2.45) is 0 Å². The Hall–Kier alpha value is -7.52. The third-order valence-electron chi connectivity index (χ3n) is 11.8. The van der Waals surface area contributed by atoms with E-state index in [9.17, 15) is 0 Å². The summed E-state index contributed by atoms with van der Waals surface area (Å²) in [5, 5.41) is 7.98. The molecule has 10 aromatic rings. The Morgan fingerprint density at radius 1 is 0.250 bits per heavy atom. The van der Waals surface area contributed by atoms with E-state index in [1.165, 1.54) is 64.9 Å². The number of para-hydroxylation sites is 1. The zero-order valence-electron chi connectivity index (χ0n) is 33.3. The minimum Gasteiger partial charge on any atom is -0.310 e. The molecule has 0 heterocycles. The second-order valence-corrected chi connectivity index (χ2v) is 19.1. The predicted molar refractivity (Wildman–Crippen MR) is 259 cm³/mol. The summed E-state index contributed by atoms with van der Waals surface area (Å²) < 4.78 is 0. The molecule has 0 N–H and O–H groups in total. The molecule has 0 aliphatic rings. The average Bonchev–Trinajstić information content (AvgIpc) is 3.34. The maximum absolute atomic E-state index is 2.77. The third kappa shape index (κ3) is 6.94. The van der Waals surface area contributed by atoms with E-state index in [0.29, 0.717) is 0 Å². The van der Waals surface area contributed by atoms with Crippen LogP contribution in [0, 0.1) is 0 Å². The molecule has 284 valence electrons. The Morgan fingerprint density at radius 2 is 0.683 bits per heavy atom. The molecule has 0 spiro atoms. The molecule has 0 saturated carbocycles. The summed E-state index contributed by atoms with van der Waals surface area (Å²) in [6.07, 6.45) is 0. The first-order chi connectivity index (χ1) is 29.8. The van der Waals surface area contributed by atoms with Gasteiger partial charge in [-0.05, 0) is 89.7 Å². The molecule has 0 aliphatic heterocycles. The van der Waals surface area contributed by atoms with Crippen molar-refractivity contribution < 1.29 is 0 Å². The highest BCUT2D eigenvalue weighted by Crippen LogP contribution is 2.41. The van der Waals surface area contributed by atoms with Crippen LogP contribution in [0.4, 0.5) is 17.1 Å². The van der Waals surface area contributed by atoms with Crippen LogP contribution < -0.4 is 25.6 Å². The predicted octanol–water partition coefficient (Wildman–Crippen LogP) is 12.7. The smallest absolute Gasteiger partial charge is 0.179 e. The minimum absolute atomic E-state index is 1.10. The van der Waals surface area contributed by atoms with Crippen LogP contribution in [0.3, 0.4) is 0 Å². The van der Waals surface area contributed by atoms with E-state index in [-0.39, 0.29) is 0 Å². The van der Waals surface area contributed by atoms with E-state index >= 15 is 0 Å². The first-order valence-electron chi connectivity index (χ1n) is 20.7. The lowest BCUT2D eigenvalue weighted by atomic mass is 10.0. The Kier molecular flexibility index (Phi) is 10.0. The standard InChI is InChI=1S/C58H43NSi/c1-5-18-44(19-6-1)46-32-37-51(38-33-46)59(58-31-16-15-30-57(58)48-21-7-2-8-22-48)52-39-34-47(35-40-52)50-24-17-29-55(42-50)60(53-25-9-3-10-26-53,54-27-11-4-12-28-54)56-41-36-45-20-13-14-23-49(45)43-56/h1-43H. The molecule has 10 aromatic carbocycles. The van der Waals surface area contributed by atoms with Gasteiger partial charge in [-0.2, -0.15) is 0 Å². The van der Waals surface area contributed by atoms with Gasteiger partial charge in [-0.15, -0.1) is 0 Å². The summed E-state index contributed by atoms with van der Waals surface area (Å²) in [5.74, 6) is 0. The second kappa shape index (κ2) is 16.4. The second-order valence-electron chi connectivity index (χ2n) is 15.3. The van der Waals surface area contributed by atoms with E-state index in [0.717, 1.165) is 17.1 Å². The lowest BCUT2D eigenvalue weighted by molar-refractivity contribution is 1.28. The molecule has 0 saturated heterocycles. The van der Waals surface area contributed by atoms with Gasteiger partial charge in [-0.25, -0.2) is 0 Å². The molecular weight excluding hydrogens is 739 g/mol. The molecule has 0 aliphatic carbocycles. The SMILES string of the molecule is c1ccc(-c2ccc(N(c3ccc(-c4cccc([Si](c5ccccc5)(c5ccccc5)c5ccc6ccccc6c5)c4)cc3)c3ccccc3-c3ccccc3)cc2)cc1. The zero-order chi connectivity index (χ0) is 40.1. The number of anilines is 3. The van der Waals surface area contributed by atoms with Crippen LogP contribution in [0.15, 0.2) is 261 Å². The number of hydrogen-bond donors (Lipinski definition) is 0. The summed E-state index contributed by atoms with van der Waals surface area (Å²) in [4.78, 5) is 2.39.